The molecule has 7 nitrogen and oxygen atoms in total. The van der Waals surface area contributed by atoms with Crippen LogP contribution in [0.25, 0.3) is 22.0 Å². The molecule has 1 aliphatic rings. The zero-order chi connectivity index (χ0) is 21.5. The van der Waals surface area contributed by atoms with Gasteiger partial charge in [-0.1, -0.05) is 6.92 Å². The fraction of sp³-hybridized carbons (Fsp3) is 0.304. The summed E-state index contributed by atoms with van der Waals surface area (Å²) in [5.41, 5.74) is 8.02. The van der Waals surface area contributed by atoms with Crippen molar-refractivity contribution in [1.29, 1.82) is 5.26 Å². The van der Waals surface area contributed by atoms with Crippen LogP contribution in [-0.4, -0.2) is 26.6 Å². The van der Waals surface area contributed by atoms with Gasteiger partial charge in [0, 0.05) is 35.2 Å². The van der Waals surface area contributed by atoms with Crippen molar-refractivity contribution in [2.75, 3.05) is 0 Å². The molecule has 7 heteroatoms. The average molecular weight is 399 g/mol. The predicted octanol–water partition coefficient (Wildman–Crippen LogP) is 3.37. The van der Waals surface area contributed by atoms with Gasteiger partial charge in [-0.3, -0.25) is 19.6 Å². The Kier molecular flexibility index (Phi) is 4.78. The highest BCUT2D eigenvalue weighted by atomic mass is 16.1. The number of hydrogen-bond donors (Lipinski definition) is 1. The Morgan fingerprint density at radius 2 is 1.87 bits per heavy atom. The third-order valence-corrected chi connectivity index (χ3v) is 5.66. The molecule has 0 spiro atoms. The van der Waals surface area contributed by atoms with Gasteiger partial charge in [0.05, 0.1) is 16.8 Å². The number of nitrogens with zero attached hydrogens (tertiary/aromatic N) is 4. The van der Waals surface area contributed by atoms with E-state index in [0.29, 0.717) is 41.9 Å². The number of carbonyl (C=O) groups excluding carboxylic acids is 2. The molecular formula is C23H21N5O2. The fourth-order valence-corrected chi connectivity index (χ4v) is 3.76. The minimum absolute atomic E-state index is 0.0738. The van der Waals surface area contributed by atoms with E-state index in [4.69, 9.17) is 5.73 Å². The lowest BCUT2D eigenvalue weighted by atomic mass is 9.98. The van der Waals surface area contributed by atoms with Crippen LogP contribution in [0.15, 0.2) is 30.6 Å². The van der Waals surface area contributed by atoms with Gasteiger partial charge in [-0.2, -0.15) is 5.26 Å². The van der Waals surface area contributed by atoms with Gasteiger partial charge in [0.1, 0.15) is 11.8 Å². The van der Waals surface area contributed by atoms with Crippen LogP contribution in [0.3, 0.4) is 0 Å². The van der Waals surface area contributed by atoms with Crippen molar-refractivity contribution < 1.29 is 9.59 Å². The van der Waals surface area contributed by atoms with Crippen molar-refractivity contribution in [1.82, 2.24) is 15.0 Å². The van der Waals surface area contributed by atoms with E-state index in [1.54, 1.807) is 18.5 Å². The minimum Gasteiger partial charge on any atom is -0.369 e. The minimum atomic E-state index is -0.651. The van der Waals surface area contributed by atoms with E-state index in [-0.39, 0.29) is 17.4 Å². The molecule has 1 fully saturated rings. The van der Waals surface area contributed by atoms with E-state index >= 15 is 0 Å². The molecule has 0 aliphatic heterocycles. The molecule has 1 amide bonds. The summed E-state index contributed by atoms with van der Waals surface area (Å²) in [6.07, 6.45) is 5.95. The Bertz CT molecular complexity index is 1240. The number of Topliss-reactive ketones (excluding diaryl/α,β-unsaturated/α-hetero) is 1. The number of amides is 1. The molecule has 3 aromatic heterocycles. The number of rotatable bonds is 6. The molecule has 0 radical (unpaired) electrons. The maximum atomic E-state index is 12.2. The first-order valence-corrected chi connectivity index (χ1v) is 9.91. The van der Waals surface area contributed by atoms with Gasteiger partial charge >= 0.3 is 0 Å². The maximum Gasteiger partial charge on any atom is 0.229 e. The van der Waals surface area contributed by atoms with E-state index in [0.717, 1.165) is 22.8 Å². The lowest BCUT2D eigenvalue weighted by Crippen LogP contribution is -2.29. The lowest BCUT2D eigenvalue weighted by Gasteiger charge is -2.12. The number of aryl methyl sites for hydroxylation is 1. The topological polar surface area (TPSA) is 123 Å². The second-order valence-corrected chi connectivity index (χ2v) is 7.77. The molecule has 30 heavy (non-hydrogen) atoms. The van der Waals surface area contributed by atoms with Crippen LogP contribution < -0.4 is 5.73 Å². The molecule has 4 rings (SSSR count). The first-order chi connectivity index (χ1) is 14.4. The molecule has 0 atom stereocenters. The van der Waals surface area contributed by atoms with Crippen LogP contribution in [0, 0.1) is 18.3 Å². The number of nitrogens with two attached hydrogens (primary N) is 1. The molecule has 1 saturated carbocycles. The van der Waals surface area contributed by atoms with E-state index in [9.17, 15) is 14.9 Å². The van der Waals surface area contributed by atoms with Crippen LogP contribution in [0.2, 0.25) is 0 Å². The van der Waals surface area contributed by atoms with Crippen molar-refractivity contribution >= 4 is 22.5 Å². The van der Waals surface area contributed by atoms with Gasteiger partial charge in [-0.05, 0) is 49.9 Å². The smallest absolute Gasteiger partial charge is 0.229 e. The SMILES string of the molecule is CCCC(=O)c1cc(C)c(-c2cc3cnc(C4(C(N)=O)CC4)cc3cn2)c(C#N)n1. The zero-order valence-corrected chi connectivity index (χ0v) is 16.9. The number of primary amides is 1. The van der Waals surface area contributed by atoms with Crippen molar-refractivity contribution in [2.24, 2.45) is 5.73 Å². The molecule has 3 aromatic rings. The molecule has 0 saturated heterocycles. The van der Waals surface area contributed by atoms with Crippen LogP contribution in [0.5, 0.6) is 0 Å². The third kappa shape index (κ3) is 3.20. The number of carbonyl (C=O) groups is 2. The van der Waals surface area contributed by atoms with Crippen molar-refractivity contribution in [3.05, 3.63) is 53.2 Å². The number of fused-ring (bicyclic) bond motifs is 1. The number of aromatic nitrogens is 3. The molecule has 150 valence electrons. The summed E-state index contributed by atoms with van der Waals surface area (Å²) in [4.78, 5) is 37.3. The van der Waals surface area contributed by atoms with E-state index < -0.39 is 5.41 Å². The molecule has 0 unspecified atom stereocenters. The van der Waals surface area contributed by atoms with E-state index in [2.05, 4.69) is 21.0 Å². The second kappa shape index (κ2) is 7.30. The summed E-state index contributed by atoms with van der Waals surface area (Å²) in [5.74, 6) is -0.424. The largest absolute Gasteiger partial charge is 0.369 e. The second-order valence-electron chi connectivity index (χ2n) is 7.77. The quantitative estimate of drug-likeness (QED) is 0.634. The van der Waals surface area contributed by atoms with Crippen LogP contribution in [0.4, 0.5) is 0 Å². The summed E-state index contributed by atoms with van der Waals surface area (Å²) in [6, 6.07) is 7.51. The van der Waals surface area contributed by atoms with E-state index in [1.807, 2.05) is 26.0 Å². The molecule has 0 bridgehead atoms. The summed E-state index contributed by atoms with van der Waals surface area (Å²) in [6.45, 7) is 3.77. The number of pyridine rings is 3. The normalized spacial score (nSPS) is 14.3. The van der Waals surface area contributed by atoms with Gasteiger partial charge in [0.25, 0.3) is 0 Å². The Labute approximate surface area is 174 Å². The molecular weight excluding hydrogens is 378 g/mol. The molecule has 0 aromatic carbocycles. The Balaban J connectivity index is 1.77. The van der Waals surface area contributed by atoms with Gasteiger partial charge < -0.3 is 5.73 Å². The van der Waals surface area contributed by atoms with Crippen LogP contribution in [0.1, 0.15) is 60.0 Å². The predicted molar refractivity (Wildman–Crippen MR) is 112 cm³/mol. The maximum absolute atomic E-state index is 12.2. The highest BCUT2D eigenvalue weighted by molar-refractivity contribution is 5.95. The first kappa shape index (κ1) is 19.6. The van der Waals surface area contributed by atoms with Gasteiger partial charge in [0.2, 0.25) is 5.91 Å². The van der Waals surface area contributed by atoms with Crippen molar-refractivity contribution in [2.45, 2.75) is 44.9 Å². The van der Waals surface area contributed by atoms with Crippen LogP contribution >= 0.6 is 0 Å². The zero-order valence-electron chi connectivity index (χ0n) is 16.9. The highest BCUT2D eigenvalue weighted by Crippen LogP contribution is 2.47. The van der Waals surface area contributed by atoms with Gasteiger partial charge in [-0.25, -0.2) is 4.98 Å². The summed E-state index contributed by atoms with van der Waals surface area (Å²) >= 11 is 0. The standard InChI is InChI=1S/C23H21N5O2/c1-3-4-19(29)16-7-13(2)21(18(10-24)28-16)17-8-14-12-27-20(9-15(14)11-26-17)23(5-6-23)22(25)30/h7-9,11-12H,3-6H2,1-2H3,(H2,25,30). The van der Waals surface area contributed by atoms with E-state index in [1.165, 1.54) is 0 Å². The number of hydrogen-bond acceptors (Lipinski definition) is 6. The molecule has 3 heterocycles. The van der Waals surface area contributed by atoms with Crippen molar-refractivity contribution in [3.63, 3.8) is 0 Å². The Hall–Kier alpha value is -3.66. The number of ketones is 1. The average Bonchev–Trinajstić information content (AvgIpc) is 3.55. The lowest BCUT2D eigenvalue weighted by molar-refractivity contribution is -0.120. The number of nitriles is 1. The highest BCUT2D eigenvalue weighted by Gasteiger charge is 2.51. The van der Waals surface area contributed by atoms with Gasteiger partial charge in [0.15, 0.2) is 11.5 Å². The fourth-order valence-electron chi connectivity index (χ4n) is 3.76. The van der Waals surface area contributed by atoms with Crippen LogP contribution in [-0.2, 0) is 10.2 Å². The first-order valence-electron chi connectivity index (χ1n) is 9.91. The van der Waals surface area contributed by atoms with Crippen molar-refractivity contribution in [3.8, 4) is 17.3 Å². The molecule has 1 aliphatic carbocycles. The molecule has 2 N–H and O–H groups in total. The summed E-state index contributed by atoms with van der Waals surface area (Å²) in [5, 5.41) is 11.3. The summed E-state index contributed by atoms with van der Waals surface area (Å²) in [7, 11) is 0. The Morgan fingerprint density at radius 1 is 1.17 bits per heavy atom. The summed E-state index contributed by atoms with van der Waals surface area (Å²) < 4.78 is 0. The monoisotopic (exact) mass is 399 g/mol. The Morgan fingerprint density at radius 3 is 2.50 bits per heavy atom. The third-order valence-electron chi connectivity index (χ3n) is 5.66. The van der Waals surface area contributed by atoms with Gasteiger partial charge in [-0.15, -0.1) is 0 Å².